The van der Waals surface area contributed by atoms with Gasteiger partial charge in [0.2, 0.25) is 0 Å². The Morgan fingerprint density at radius 3 is 2.82 bits per heavy atom. The molecule has 1 atom stereocenters. The summed E-state index contributed by atoms with van der Waals surface area (Å²) in [7, 11) is 0. The van der Waals surface area contributed by atoms with Gasteiger partial charge < -0.3 is 4.98 Å². The molecule has 0 aromatic carbocycles. The van der Waals surface area contributed by atoms with Crippen molar-refractivity contribution in [2.45, 2.75) is 33.2 Å². The molecule has 92 valence electrons. The molecule has 0 radical (unpaired) electrons. The maximum atomic E-state index is 12.4. The van der Waals surface area contributed by atoms with Crippen molar-refractivity contribution in [2.24, 2.45) is 5.92 Å². The minimum Gasteiger partial charge on any atom is -0.323 e. The van der Waals surface area contributed by atoms with Gasteiger partial charge in [-0.25, -0.2) is 0 Å². The summed E-state index contributed by atoms with van der Waals surface area (Å²) in [5.74, 6) is 0.392. The summed E-state index contributed by atoms with van der Waals surface area (Å²) in [4.78, 5) is 16.4. The lowest BCUT2D eigenvalue weighted by Crippen LogP contribution is -2.28. The van der Waals surface area contributed by atoms with Gasteiger partial charge in [-0.2, -0.15) is 0 Å². The van der Waals surface area contributed by atoms with Gasteiger partial charge >= 0.3 is 0 Å². The van der Waals surface area contributed by atoms with Crippen LogP contribution in [-0.2, 0) is 0 Å². The highest BCUT2D eigenvalue weighted by Gasteiger charge is 2.17. The van der Waals surface area contributed by atoms with Crippen molar-refractivity contribution in [3.8, 4) is 0 Å². The van der Waals surface area contributed by atoms with Crippen LogP contribution in [0.4, 0.5) is 0 Å². The first-order valence-electron chi connectivity index (χ1n) is 5.78. The second kappa shape index (κ2) is 4.74. The van der Waals surface area contributed by atoms with Crippen molar-refractivity contribution in [1.82, 2.24) is 9.55 Å². The van der Waals surface area contributed by atoms with E-state index in [1.54, 1.807) is 4.57 Å². The molecule has 0 spiro atoms. The van der Waals surface area contributed by atoms with Gasteiger partial charge in [0.1, 0.15) is 4.83 Å². The standard InChI is InChI=1S/C12H16N2OS2/c1-4-9(7(2)3)14-11(15)8-5-6-17-10(8)13-12(14)16/h5-7,9H,4H2,1-3H3,(H,13,16). The second-order valence-corrected chi connectivity index (χ2v) is 5.79. The summed E-state index contributed by atoms with van der Waals surface area (Å²) in [5.41, 5.74) is 0.0329. The highest BCUT2D eigenvalue weighted by Crippen LogP contribution is 2.22. The third kappa shape index (κ3) is 2.09. The molecular formula is C12H16N2OS2. The SMILES string of the molecule is CCC(C(C)C)n1c(=S)[nH]c2sccc2c1=O. The lowest BCUT2D eigenvalue weighted by molar-refractivity contribution is 0.352. The van der Waals surface area contributed by atoms with Crippen LogP contribution in [0.5, 0.6) is 0 Å². The largest absolute Gasteiger partial charge is 0.323 e. The van der Waals surface area contributed by atoms with Crippen LogP contribution in [0.2, 0.25) is 0 Å². The van der Waals surface area contributed by atoms with E-state index in [2.05, 4.69) is 25.8 Å². The number of aromatic nitrogens is 2. The van der Waals surface area contributed by atoms with E-state index in [0.717, 1.165) is 16.6 Å². The van der Waals surface area contributed by atoms with Crippen LogP contribution >= 0.6 is 23.6 Å². The van der Waals surface area contributed by atoms with Gasteiger partial charge in [-0.05, 0) is 36.0 Å². The molecule has 0 amide bonds. The third-order valence-corrected chi connectivity index (χ3v) is 4.20. The minimum absolute atomic E-state index is 0.0329. The Balaban J connectivity index is 2.76. The normalized spacial score (nSPS) is 13.4. The Labute approximate surface area is 109 Å². The zero-order chi connectivity index (χ0) is 12.6. The molecule has 17 heavy (non-hydrogen) atoms. The first-order chi connectivity index (χ1) is 8.06. The summed E-state index contributed by atoms with van der Waals surface area (Å²) in [6, 6.07) is 2.02. The van der Waals surface area contributed by atoms with Gasteiger partial charge in [-0.1, -0.05) is 20.8 Å². The van der Waals surface area contributed by atoms with Crippen LogP contribution in [0, 0.1) is 10.7 Å². The minimum atomic E-state index is 0.0329. The van der Waals surface area contributed by atoms with Crippen LogP contribution in [0.1, 0.15) is 33.2 Å². The van der Waals surface area contributed by atoms with Crippen molar-refractivity contribution in [3.05, 3.63) is 26.6 Å². The van der Waals surface area contributed by atoms with E-state index >= 15 is 0 Å². The second-order valence-electron chi connectivity index (χ2n) is 4.49. The molecule has 0 fully saturated rings. The van der Waals surface area contributed by atoms with Gasteiger partial charge in [0.15, 0.2) is 4.77 Å². The molecule has 2 heterocycles. The molecule has 2 aromatic rings. The van der Waals surface area contributed by atoms with Crippen LogP contribution in [0.3, 0.4) is 0 Å². The lowest BCUT2D eigenvalue weighted by Gasteiger charge is -2.21. The summed E-state index contributed by atoms with van der Waals surface area (Å²) < 4.78 is 2.26. The van der Waals surface area contributed by atoms with Crippen molar-refractivity contribution in [3.63, 3.8) is 0 Å². The zero-order valence-electron chi connectivity index (χ0n) is 10.2. The molecule has 1 N–H and O–H groups in total. The van der Waals surface area contributed by atoms with Gasteiger partial charge in [0.25, 0.3) is 5.56 Å². The quantitative estimate of drug-likeness (QED) is 0.861. The fourth-order valence-corrected chi connectivity index (χ4v) is 3.37. The van der Waals surface area contributed by atoms with Crippen LogP contribution in [0.15, 0.2) is 16.2 Å². The van der Waals surface area contributed by atoms with Crippen molar-refractivity contribution in [1.29, 1.82) is 0 Å². The smallest absolute Gasteiger partial charge is 0.263 e. The zero-order valence-corrected chi connectivity index (χ0v) is 11.8. The molecule has 0 aliphatic rings. The Kier molecular flexibility index (Phi) is 3.49. The molecule has 2 aromatic heterocycles. The topological polar surface area (TPSA) is 37.8 Å². The monoisotopic (exact) mass is 268 g/mol. The van der Waals surface area contributed by atoms with Crippen LogP contribution < -0.4 is 5.56 Å². The average Bonchev–Trinajstić information content (AvgIpc) is 2.71. The number of aromatic amines is 1. The maximum absolute atomic E-state index is 12.4. The summed E-state index contributed by atoms with van der Waals surface area (Å²) in [6.45, 7) is 6.32. The summed E-state index contributed by atoms with van der Waals surface area (Å²) in [6.07, 6.45) is 0.907. The molecule has 2 rings (SSSR count). The Hall–Kier alpha value is -0.940. The van der Waals surface area contributed by atoms with Crippen molar-refractivity contribution >= 4 is 33.8 Å². The fraction of sp³-hybridized carbons (Fsp3) is 0.500. The molecule has 0 aliphatic carbocycles. The van der Waals surface area contributed by atoms with Crippen molar-refractivity contribution in [2.75, 3.05) is 0 Å². The molecule has 5 heteroatoms. The molecule has 0 saturated heterocycles. The molecular weight excluding hydrogens is 252 g/mol. The molecule has 1 unspecified atom stereocenters. The van der Waals surface area contributed by atoms with Gasteiger partial charge in [-0.3, -0.25) is 9.36 Å². The fourth-order valence-electron chi connectivity index (χ4n) is 2.21. The van der Waals surface area contributed by atoms with E-state index in [0.29, 0.717) is 10.7 Å². The highest BCUT2D eigenvalue weighted by atomic mass is 32.1. The molecule has 0 bridgehead atoms. The Morgan fingerprint density at radius 2 is 2.24 bits per heavy atom. The average molecular weight is 268 g/mol. The number of hydrogen-bond donors (Lipinski definition) is 1. The van der Waals surface area contributed by atoms with E-state index in [1.807, 2.05) is 11.4 Å². The molecule has 3 nitrogen and oxygen atoms in total. The highest BCUT2D eigenvalue weighted by molar-refractivity contribution is 7.71. The predicted octanol–water partition coefficient (Wildman–Crippen LogP) is 3.73. The lowest BCUT2D eigenvalue weighted by atomic mass is 10.0. The van der Waals surface area contributed by atoms with Crippen molar-refractivity contribution < 1.29 is 0 Å². The van der Waals surface area contributed by atoms with E-state index in [9.17, 15) is 4.79 Å². The van der Waals surface area contributed by atoms with E-state index in [1.165, 1.54) is 11.3 Å². The van der Waals surface area contributed by atoms with Crippen LogP contribution in [-0.4, -0.2) is 9.55 Å². The summed E-state index contributed by atoms with van der Waals surface area (Å²) >= 11 is 6.83. The number of nitrogens with zero attached hydrogens (tertiary/aromatic N) is 1. The Morgan fingerprint density at radius 1 is 1.53 bits per heavy atom. The van der Waals surface area contributed by atoms with E-state index in [4.69, 9.17) is 12.2 Å². The van der Waals surface area contributed by atoms with Crippen LogP contribution in [0.25, 0.3) is 10.2 Å². The van der Waals surface area contributed by atoms with Gasteiger partial charge in [-0.15, -0.1) is 11.3 Å². The number of fused-ring (bicyclic) bond motifs is 1. The number of rotatable bonds is 3. The van der Waals surface area contributed by atoms with Gasteiger partial charge in [0, 0.05) is 6.04 Å². The first kappa shape index (κ1) is 12.5. The number of hydrogen-bond acceptors (Lipinski definition) is 3. The third-order valence-electron chi connectivity index (χ3n) is 3.07. The van der Waals surface area contributed by atoms with E-state index < -0.39 is 0 Å². The maximum Gasteiger partial charge on any atom is 0.263 e. The predicted molar refractivity (Wildman–Crippen MR) is 75.4 cm³/mol. The number of H-pyrrole nitrogens is 1. The van der Waals surface area contributed by atoms with Gasteiger partial charge in [0.05, 0.1) is 5.39 Å². The number of nitrogens with one attached hydrogen (secondary N) is 1. The first-order valence-corrected chi connectivity index (χ1v) is 7.07. The summed E-state index contributed by atoms with van der Waals surface area (Å²) in [5, 5.41) is 2.65. The Bertz CT molecular complexity index is 636. The molecule has 0 saturated carbocycles. The molecule has 0 aliphatic heterocycles. The number of thiophene rings is 1. The van der Waals surface area contributed by atoms with E-state index in [-0.39, 0.29) is 11.6 Å².